The van der Waals surface area contributed by atoms with E-state index < -0.39 is 0 Å². The van der Waals surface area contributed by atoms with Crippen molar-refractivity contribution in [1.82, 2.24) is 24.9 Å². The Kier molecular flexibility index (Phi) is 7.48. The zero-order valence-electron chi connectivity index (χ0n) is 20.0. The second-order valence-corrected chi connectivity index (χ2v) is 9.56. The van der Waals surface area contributed by atoms with Crippen molar-refractivity contribution in [2.75, 3.05) is 39.8 Å². The van der Waals surface area contributed by atoms with Crippen LogP contribution >= 0.6 is 0 Å². The van der Waals surface area contributed by atoms with Crippen LogP contribution in [0.1, 0.15) is 43.1 Å². The molecule has 0 amide bonds. The summed E-state index contributed by atoms with van der Waals surface area (Å²) in [7, 11) is 3.80. The summed E-state index contributed by atoms with van der Waals surface area (Å²) in [6.45, 7) is 11.2. The predicted octanol–water partition coefficient (Wildman–Crippen LogP) is 3.05. The molecule has 2 aliphatic heterocycles. The topological polar surface area (TPSA) is 57.9 Å². The molecule has 4 rings (SSSR count). The molecule has 7 nitrogen and oxygen atoms in total. The average Bonchev–Trinajstić information content (AvgIpc) is 3.21. The number of piperidine rings is 1. The van der Waals surface area contributed by atoms with Gasteiger partial charge in [0.1, 0.15) is 6.10 Å². The number of nitrogens with one attached hydrogen (secondary N) is 1. The van der Waals surface area contributed by atoms with Gasteiger partial charge in [-0.3, -0.25) is 14.6 Å². The van der Waals surface area contributed by atoms with Crippen LogP contribution in [0.15, 0.2) is 41.7 Å². The summed E-state index contributed by atoms with van der Waals surface area (Å²) in [5, 5.41) is 7.90. The molecule has 0 saturated carbocycles. The van der Waals surface area contributed by atoms with E-state index in [4.69, 9.17) is 4.74 Å². The van der Waals surface area contributed by atoms with Gasteiger partial charge >= 0.3 is 0 Å². The molecule has 1 aromatic heterocycles. The van der Waals surface area contributed by atoms with Gasteiger partial charge in [0, 0.05) is 58.6 Å². The summed E-state index contributed by atoms with van der Waals surface area (Å²) in [6.07, 6.45) is 5.29. The van der Waals surface area contributed by atoms with Crippen LogP contribution in [0.4, 0.5) is 0 Å². The van der Waals surface area contributed by atoms with Crippen molar-refractivity contribution >= 4 is 5.96 Å². The molecular formula is C25H38N6O. The Morgan fingerprint density at radius 1 is 1.16 bits per heavy atom. The minimum Gasteiger partial charge on any atom is -0.370 e. The number of aryl methyl sites for hydroxylation is 1. The SMILES string of the molecule is CN=C(NCc1ccccc1CN1CC(C)CC(C)C1)N1CCOC(c2cnn(C)c2)C1. The van der Waals surface area contributed by atoms with E-state index in [1.54, 1.807) is 0 Å². The molecule has 7 heteroatoms. The quantitative estimate of drug-likeness (QED) is 0.574. The number of hydrogen-bond donors (Lipinski definition) is 1. The van der Waals surface area contributed by atoms with Crippen molar-refractivity contribution in [3.05, 3.63) is 53.3 Å². The van der Waals surface area contributed by atoms with Crippen LogP contribution < -0.4 is 5.32 Å². The highest BCUT2D eigenvalue weighted by atomic mass is 16.5. The van der Waals surface area contributed by atoms with Crippen LogP contribution in [-0.4, -0.2) is 65.4 Å². The van der Waals surface area contributed by atoms with Gasteiger partial charge in [0.25, 0.3) is 0 Å². The highest BCUT2D eigenvalue weighted by Crippen LogP contribution is 2.24. The highest BCUT2D eigenvalue weighted by Gasteiger charge is 2.26. The second-order valence-electron chi connectivity index (χ2n) is 9.56. The number of guanidine groups is 1. The lowest BCUT2D eigenvalue weighted by molar-refractivity contribution is -0.00805. The fourth-order valence-electron chi connectivity index (χ4n) is 5.20. The number of likely N-dealkylation sites (tertiary alicyclic amines) is 1. The molecule has 0 bridgehead atoms. The van der Waals surface area contributed by atoms with Gasteiger partial charge in [-0.15, -0.1) is 0 Å². The van der Waals surface area contributed by atoms with Crippen LogP contribution in [0.5, 0.6) is 0 Å². The van der Waals surface area contributed by atoms with Crippen molar-refractivity contribution in [1.29, 1.82) is 0 Å². The van der Waals surface area contributed by atoms with Gasteiger partial charge in [-0.25, -0.2) is 0 Å². The van der Waals surface area contributed by atoms with Crippen LogP contribution in [-0.2, 0) is 24.9 Å². The van der Waals surface area contributed by atoms with Gasteiger partial charge in [-0.1, -0.05) is 38.1 Å². The van der Waals surface area contributed by atoms with Crippen molar-refractivity contribution in [3.63, 3.8) is 0 Å². The third-order valence-electron chi connectivity index (χ3n) is 6.57. The van der Waals surface area contributed by atoms with Gasteiger partial charge in [0.2, 0.25) is 0 Å². The maximum absolute atomic E-state index is 6.00. The Hall–Kier alpha value is -2.38. The molecule has 0 spiro atoms. The number of nitrogens with zero attached hydrogens (tertiary/aromatic N) is 5. The first-order chi connectivity index (χ1) is 15.5. The largest absolute Gasteiger partial charge is 0.370 e. The summed E-state index contributed by atoms with van der Waals surface area (Å²) in [5.74, 6) is 2.48. The Bertz CT molecular complexity index is 899. The Labute approximate surface area is 192 Å². The lowest BCUT2D eigenvalue weighted by Gasteiger charge is -2.36. The molecule has 1 aromatic carbocycles. The van der Waals surface area contributed by atoms with Crippen LogP contribution in [0, 0.1) is 11.8 Å². The summed E-state index contributed by atoms with van der Waals surface area (Å²) in [5.41, 5.74) is 3.87. The minimum atomic E-state index is 0.0198. The molecule has 1 N–H and O–H groups in total. The van der Waals surface area contributed by atoms with Crippen LogP contribution in [0.2, 0.25) is 0 Å². The standard InChI is InChI=1S/C25H38N6O/c1-19-11-20(2)15-30(14-19)17-22-8-6-5-7-21(22)12-27-25(26-3)31-9-10-32-24(18-31)23-13-28-29(4)16-23/h5-8,13,16,19-20,24H,9-12,14-15,17-18H2,1-4H3,(H,26,27). The second kappa shape index (κ2) is 10.5. The number of aliphatic imine (C=N–C) groups is 1. The number of ether oxygens (including phenoxy) is 1. The van der Waals surface area contributed by atoms with Crippen molar-refractivity contribution in [2.45, 2.75) is 39.5 Å². The predicted molar refractivity (Wildman–Crippen MR) is 128 cm³/mol. The van der Waals surface area contributed by atoms with Crippen LogP contribution in [0.3, 0.4) is 0 Å². The number of morpholine rings is 1. The molecule has 32 heavy (non-hydrogen) atoms. The normalized spacial score (nSPS) is 25.2. The Balaban J connectivity index is 1.38. The molecule has 2 aliphatic rings. The van der Waals surface area contributed by atoms with Crippen molar-refractivity contribution < 1.29 is 4.74 Å². The van der Waals surface area contributed by atoms with E-state index in [1.807, 2.05) is 31.2 Å². The summed E-state index contributed by atoms with van der Waals surface area (Å²) >= 11 is 0. The third-order valence-corrected chi connectivity index (χ3v) is 6.57. The van der Waals surface area contributed by atoms with Crippen molar-refractivity contribution in [2.24, 2.45) is 23.9 Å². The van der Waals surface area contributed by atoms with Gasteiger partial charge < -0.3 is 15.0 Å². The number of benzene rings is 1. The molecule has 3 unspecified atom stereocenters. The lowest BCUT2D eigenvalue weighted by atomic mass is 9.91. The summed E-state index contributed by atoms with van der Waals surface area (Å²) in [4.78, 5) is 9.48. The monoisotopic (exact) mass is 438 g/mol. The molecule has 0 aliphatic carbocycles. The molecule has 2 saturated heterocycles. The van der Waals surface area contributed by atoms with Gasteiger partial charge in [0.15, 0.2) is 5.96 Å². The minimum absolute atomic E-state index is 0.0198. The Morgan fingerprint density at radius 3 is 2.59 bits per heavy atom. The third kappa shape index (κ3) is 5.70. The number of rotatable bonds is 5. The van der Waals surface area contributed by atoms with E-state index in [-0.39, 0.29) is 6.10 Å². The fraction of sp³-hybridized carbons (Fsp3) is 0.600. The first kappa shape index (κ1) is 22.8. The first-order valence-electron chi connectivity index (χ1n) is 11.9. The molecule has 3 heterocycles. The van der Waals surface area contributed by atoms with Crippen molar-refractivity contribution in [3.8, 4) is 0 Å². The number of hydrogen-bond acceptors (Lipinski definition) is 4. The molecular weight excluding hydrogens is 400 g/mol. The average molecular weight is 439 g/mol. The van der Waals surface area contributed by atoms with E-state index >= 15 is 0 Å². The van der Waals surface area contributed by atoms with E-state index in [9.17, 15) is 0 Å². The zero-order chi connectivity index (χ0) is 22.5. The van der Waals surface area contributed by atoms with Crippen LogP contribution in [0.25, 0.3) is 0 Å². The molecule has 174 valence electrons. The number of aromatic nitrogens is 2. The molecule has 3 atom stereocenters. The van der Waals surface area contributed by atoms with E-state index in [0.717, 1.165) is 49.5 Å². The maximum Gasteiger partial charge on any atom is 0.194 e. The van der Waals surface area contributed by atoms with E-state index in [1.165, 1.54) is 30.6 Å². The first-order valence-corrected chi connectivity index (χ1v) is 11.9. The maximum atomic E-state index is 6.00. The zero-order valence-corrected chi connectivity index (χ0v) is 20.0. The van der Waals surface area contributed by atoms with Gasteiger partial charge in [-0.2, -0.15) is 5.10 Å². The van der Waals surface area contributed by atoms with Gasteiger partial charge in [0.05, 0.1) is 19.3 Å². The smallest absolute Gasteiger partial charge is 0.194 e. The molecule has 2 aromatic rings. The Morgan fingerprint density at radius 2 is 1.91 bits per heavy atom. The lowest BCUT2D eigenvalue weighted by Crippen LogP contribution is -2.48. The summed E-state index contributed by atoms with van der Waals surface area (Å²) < 4.78 is 7.83. The molecule has 2 fully saturated rings. The highest BCUT2D eigenvalue weighted by molar-refractivity contribution is 5.80. The summed E-state index contributed by atoms with van der Waals surface area (Å²) in [6, 6.07) is 8.81. The molecule has 0 radical (unpaired) electrons. The fourth-order valence-corrected chi connectivity index (χ4v) is 5.20. The van der Waals surface area contributed by atoms with Gasteiger partial charge in [-0.05, 0) is 29.4 Å². The van der Waals surface area contributed by atoms with E-state index in [0.29, 0.717) is 6.61 Å². The van der Waals surface area contributed by atoms with E-state index in [2.05, 4.69) is 63.3 Å².